The van der Waals surface area contributed by atoms with E-state index in [1.165, 1.54) is 10.9 Å². The zero-order valence-electron chi connectivity index (χ0n) is 9.91. The van der Waals surface area contributed by atoms with E-state index < -0.39 is 0 Å². The molecule has 3 N–H and O–H groups in total. The maximum absolute atomic E-state index is 13.2. The minimum Gasteiger partial charge on any atom is -0.271 e. The van der Waals surface area contributed by atoms with Gasteiger partial charge in [0.05, 0.1) is 9.83 Å². The molecule has 2 nitrogen and oxygen atoms in total. The monoisotopic (exact) mass is 328 g/mol. The predicted molar refractivity (Wildman–Crippen MR) is 76.9 cm³/mol. The van der Waals surface area contributed by atoms with Crippen molar-refractivity contribution >= 4 is 27.3 Å². The Morgan fingerprint density at radius 3 is 2.72 bits per heavy atom. The molecule has 0 aliphatic heterocycles. The fraction of sp³-hybridized carbons (Fsp3) is 0.231. The van der Waals surface area contributed by atoms with Crippen LogP contribution in [0.25, 0.3) is 0 Å². The van der Waals surface area contributed by atoms with Gasteiger partial charge in [0.25, 0.3) is 0 Å². The summed E-state index contributed by atoms with van der Waals surface area (Å²) in [5.74, 6) is 5.41. The fourth-order valence-electron chi connectivity index (χ4n) is 1.82. The third-order valence-corrected chi connectivity index (χ3v) is 4.47. The fourth-order valence-corrected chi connectivity index (χ4v) is 3.35. The van der Waals surface area contributed by atoms with Crippen molar-refractivity contribution in [2.45, 2.75) is 19.4 Å². The molecule has 0 fully saturated rings. The van der Waals surface area contributed by atoms with E-state index in [0.29, 0.717) is 5.56 Å². The summed E-state index contributed by atoms with van der Waals surface area (Å²) in [4.78, 5) is 1.23. The molecule has 1 heterocycles. The second kappa shape index (κ2) is 5.93. The Kier molecular flexibility index (Phi) is 4.50. The molecular formula is C13H14BrFN2S. The molecule has 0 amide bonds. The number of nitrogens with one attached hydrogen (secondary N) is 1. The molecule has 1 unspecified atom stereocenters. The number of aryl methyl sites for hydroxylation is 1. The van der Waals surface area contributed by atoms with Crippen LogP contribution in [0.1, 0.15) is 22.0 Å². The minimum absolute atomic E-state index is 0.00477. The van der Waals surface area contributed by atoms with Crippen LogP contribution in [0.15, 0.2) is 34.1 Å². The molecule has 0 saturated carbocycles. The molecule has 0 aliphatic rings. The molecule has 0 aliphatic carbocycles. The Morgan fingerprint density at radius 1 is 1.39 bits per heavy atom. The van der Waals surface area contributed by atoms with Gasteiger partial charge >= 0.3 is 0 Å². The molecule has 2 rings (SSSR count). The molecule has 0 spiro atoms. The van der Waals surface area contributed by atoms with Gasteiger partial charge in [0.15, 0.2) is 0 Å². The first-order chi connectivity index (χ1) is 8.60. The standard InChI is InChI=1S/C13H14BrFN2S/c1-8-6-9(2-4-11(8)15)12(17-16)7-10-3-5-13(14)18-10/h2-6,12,17H,7,16H2,1H3. The highest BCUT2D eigenvalue weighted by Crippen LogP contribution is 2.27. The number of hydrogen-bond donors (Lipinski definition) is 2. The van der Waals surface area contributed by atoms with Gasteiger partial charge in [-0.1, -0.05) is 12.1 Å². The third kappa shape index (κ3) is 3.17. The Bertz CT molecular complexity index is 542. The molecule has 18 heavy (non-hydrogen) atoms. The topological polar surface area (TPSA) is 38.0 Å². The number of nitrogens with two attached hydrogens (primary N) is 1. The van der Waals surface area contributed by atoms with Crippen molar-refractivity contribution in [3.63, 3.8) is 0 Å². The van der Waals surface area contributed by atoms with Gasteiger partial charge in [0.1, 0.15) is 5.82 Å². The van der Waals surface area contributed by atoms with E-state index >= 15 is 0 Å². The van der Waals surface area contributed by atoms with E-state index in [0.717, 1.165) is 15.8 Å². The molecule has 0 radical (unpaired) electrons. The quantitative estimate of drug-likeness (QED) is 0.663. The lowest BCUT2D eigenvalue weighted by atomic mass is 10.0. The summed E-state index contributed by atoms with van der Waals surface area (Å²) in [6, 6.07) is 9.17. The highest BCUT2D eigenvalue weighted by molar-refractivity contribution is 9.11. The van der Waals surface area contributed by atoms with Crippen LogP contribution in [-0.2, 0) is 6.42 Å². The number of benzene rings is 1. The van der Waals surface area contributed by atoms with Gasteiger partial charge in [0.2, 0.25) is 0 Å². The smallest absolute Gasteiger partial charge is 0.126 e. The molecule has 0 saturated heterocycles. The first-order valence-electron chi connectivity index (χ1n) is 5.56. The normalized spacial score (nSPS) is 12.7. The number of hydrogen-bond acceptors (Lipinski definition) is 3. The maximum Gasteiger partial charge on any atom is 0.126 e. The van der Waals surface area contributed by atoms with E-state index in [2.05, 4.69) is 27.4 Å². The van der Waals surface area contributed by atoms with E-state index in [9.17, 15) is 4.39 Å². The minimum atomic E-state index is -0.187. The SMILES string of the molecule is Cc1cc(C(Cc2ccc(Br)s2)NN)ccc1F. The van der Waals surface area contributed by atoms with Crippen molar-refractivity contribution in [1.29, 1.82) is 0 Å². The van der Waals surface area contributed by atoms with Crippen LogP contribution in [0.5, 0.6) is 0 Å². The van der Waals surface area contributed by atoms with Crippen molar-refractivity contribution in [1.82, 2.24) is 5.43 Å². The van der Waals surface area contributed by atoms with Crippen molar-refractivity contribution < 1.29 is 4.39 Å². The average molecular weight is 329 g/mol. The summed E-state index contributed by atoms with van der Waals surface area (Å²) in [5, 5.41) is 0. The highest BCUT2D eigenvalue weighted by Gasteiger charge is 2.13. The first kappa shape index (κ1) is 13.7. The van der Waals surface area contributed by atoms with Crippen LogP contribution in [0.2, 0.25) is 0 Å². The van der Waals surface area contributed by atoms with Gasteiger partial charge in [-0.2, -0.15) is 0 Å². The molecular weight excluding hydrogens is 315 g/mol. The van der Waals surface area contributed by atoms with Crippen LogP contribution in [0.4, 0.5) is 4.39 Å². The van der Waals surface area contributed by atoms with Crippen molar-refractivity contribution in [2.24, 2.45) is 5.84 Å². The summed E-state index contributed by atoms with van der Waals surface area (Å²) in [5.41, 5.74) is 4.43. The van der Waals surface area contributed by atoms with Crippen LogP contribution in [0, 0.1) is 12.7 Å². The molecule has 2 aromatic rings. The van der Waals surface area contributed by atoms with Gasteiger partial charge in [-0.15, -0.1) is 11.3 Å². The summed E-state index contributed by atoms with van der Waals surface area (Å²) < 4.78 is 14.3. The highest BCUT2D eigenvalue weighted by atomic mass is 79.9. The lowest BCUT2D eigenvalue weighted by Crippen LogP contribution is -2.29. The van der Waals surface area contributed by atoms with Crippen LogP contribution < -0.4 is 11.3 Å². The summed E-state index contributed by atoms with van der Waals surface area (Å²) in [6.45, 7) is 1.76. The largest absolute Gasteiger partial charge is 0.271 e. The van der Waals surface area contributed by atoms with E-state index in [-0.39, 0.29) is 11.9 Å². The molecule has 5 heteroatoms. The van der Waals surface area contributed by atoms with E-state index in [4.69, 9.17) is 5.84 Å². The van der Waals surface area contributed by atoms with Crippen LogP contribution >= 0.6 is 27.3 Å². The van der Waals surface area contributed by atoms with Gasteiger partial charge in [0, 0.05) is 11.3 Å². The summed E-state index contributed by atoms with van der Waals surface area (Å²) in [7, 11) is 0. The van der Waals surface area contributed by atoms with Crippen LogP contribution in [0.3, 0.4) is 0 Å². The number of hydrazine groups is 1. The molecule has 0 bridgehead atoms. The Balaban J connectivity index is 2.19. The Hall–Kier alpha value is -0.750. The lowest BCUT2D eigenvalue weighted by molar-refractivity contribution is 0.551. The second-order valence-electron chi connectivity index (χ2n) is 4.14. The lowest BCUT2D eigenvalue weighted by Gasteiger charge is -2.16. The predicted octanol–water partition coefficient (Wildman–Crippen LogP) is 3.71. The Morgan fingerprint density at radius 2 is 2.17 bits per heavy atom. The molecule has 96 valence electrons. The first-order valence-corrected chi connectivity index (χ1v) is 7.17. The molecule has 1 aromatic heterocycles. The van der Waals surface area contributed by atoms with Gasteiger partial charge in [-0.25, -0.2) is 4.39 Å². The summed E-state index contributed by atoms with van der Waals surface area (Å²) >= 11 is 5.12. The number of thiophene rings is 1. The summed E-state index contributed by atoms with van der Waals surface area (Å²) in [6.07, 6.45) is 0.790. The number of halogens is 2. The maximum atomic E-state index is 13.2. The average Bonchev–Trinajstić information content (AvgIpc) is 2.75. The van der Waals surface area contributed by atoms with Crippen LogP contribution in [-0.4, -0.2) is 0 Å². The van der Waals surface area contributed by atoms with E-state index in [1.807, 2.05) is 12.1 Å². The number of rotatable bonds is 4. The Labute approximate surface area is 118 Å². The van der Waals surface area contributed by atoms with Gasteiger partial charge in [-0.3, -0.25) is 11.3 Å². The van der Waals surface area contributed by atoms with Gasteiger partial charge in [-0.05, 0) is 52.2 Å². The van der Waals surface area contributed by atoms with Gasteiger partial charge < -0.3 is 0 Å². The zero-order chi connectivity index (χ0) is 13.1. The molecule has 1 aromatic carbocycles. The third-order valence-electron chi connectivity index (χ3n) is 2.82. The zero-order valence-corrected chi connectivity index (χ0v) is 12.3. The van der Waals surface area contributed by atoms with Crippen molar-refractivity contribution in [2.75, 3.05) is 0 Å². The van der Waals surface area contributed by atoms with Crippen molar-refractivity contribution in [3.8, 4) is 0 Å². The van der Waals surface area contributed by atoms with Crippen molar-refractivity contribution in [3.05, 3.63) is 55.9 Å². The van der Waals surface area contributed by atoms with E-state index in [1.54, 1.807) is 24.3 Å². The second-order valence-corrected chi connectivity index (χ2v) is 6.69. The molecule has 1 atom stereocenters.